The fourth-order valence-corrected chi connectivity index (χ4v) is 2.71. The molecule has 5 heteroatoms. The molecule has 4 nitrogen and oxygen atoms in total. The van der Waals surface area contributed by atoms with Gasteiger partial charge in [-0.15, -0.1) is 0 Å². The highest BCUT2D eigenvalue weighted by Crippen LogP contribution is 2.29. The Balaban J connectivity index is 2.41. The summed E-state index contributed by atoms with van der Waals surface area (Å²) in [6, 6.07) is 9.54. The second kappa shape index (κ2) is 6.00. The largest absolute Gasteiger partial charge is 0.365 e. The number of nitro groups is 1. The molecule has 1 aliphatic rings. The van der Waals surface area contributed by atoms with Gasteiger partial charge in [-0.1, -0.05) is 30.3 Å². The van der Waals surface area contributed by atoms with Crippen molar-refractivity contribution in [2.75, 3.05) is 13.1 Å². The molecule has 1 fully saturated rings. The molecule has 96 valence electrons. The van der Waals surface area contributed by atoms with E-state index in [1.165, 1.54) is 6.42 Å². The van der Waals surface area contributed by atoms with Crippen molar-refractivity contribution in [3.63, 3.8) is 0 Å². The van der Waals surface area contributed by atoms with Crippen LogP contribution in [0.4, 0.5) is 0 Å². The lowest BCUT2D eigenvalue weighted by Gasteiger charge is -2.30. The molecule has 1 aromatic rings. The lowest BCUT2D eigenvalue weighted by molar-refractivity contribution is -0.408. The molecule has 0 N–H and O–H groups in total. The summed E-state index contributed by atoms with van der Waals surface area (Å²) in [7, 11) is 0. The van der Waals surface area contributed by atoms with Gasteiger partial charge in [-0.05, 0) is 19.3 Å². The normalized spacial score (nSPS) is 17.3. The smallest absolute Gasteiger partial charge is 0.334 e. The Morgan fingerprint density at radius 3 is 2.33 bits per heavy atom. The summed E-state index contributed by atoms with van der Waals surface area (Å²) in [4.78, 5) is 12.8. The average molecular weight is 311 g/mol. The van der Waals surface area contributed by atoms with E-state index in [0.29, 0.717) is 5.70 Å². The third kappa shape index (κ3) is 2.90. The van der Waals surface area contributed by atoms with Crippen LogP contribution in [0.25, 0.3) is 5.70 Å². The van der Waals surface area contributed by atoms with Crippen LogP contribution in [0.15, 0.2) is 34.9 Å². The van der Waals surface area contributed by atoms with Crippen molar-refractivity contribution in [1.29, 1.82) is 0 Å². The van der Waals surface area contributed by atoms with Crippen LogP contribution in [-0.2, 0) is 0 Å². The lowest BCUT2D eigenvalue weighted by Crippen LogP contribution is -2.29. The third-order valence-electron chi connectivity index (χ3n) is 3.08. The number of benzene rings is 1. The molecule has 1 aliphatic heterocycles. The number of halogens is 1. The van der Waals surface area contributed by atoms with Gasteiger partial charge in [-0.3, -0.25) is 10.1 Å². The minimum absolute atomic E-state index is 0.0515. The first-order valence-corrected chi connectivity index (χ1v) is 6.84. The fourth-order valence-electron chi connectivity index (χ4n) is 2.23. The summed E-state index contributed by atoms with van der Waals surface area (Å²) in [5.41, 5.74) is 1.59. The summed E-state index contributed by atoms with van der Waals surface area (Å²) < 4.78 is 0.0515. The van der Waals surface area contributed by atoms with Crippen molar-refractivity contribution in [3.8, 4) is 0 Å². The molecule has 0 spiro atoms. The van der Waals surface area contributed by atoms with Crippen molar-refractivity contribution in [2.45, 2.75) is 19.3 Å². The standard InChI is InChI=1S/C13H15BrN2O2/c14-13(16(17)18)12(11-7-3-1-4-8-11)15-9-5-2-6-10-15/h1,3-4,7-8H,2,5-6,9-10H2/b13-12-. The number of likely N-dealkylation sites (tertiary alicyclic amines) is 1. The molecule has 0 saturated carbocycles. The van der Waals surface area contributed by atoms with Gasteiger partial charge in [0.05, 0.1) is 4.92 Å². The van der Waals surface area contributed by atoms with Gasteiger partial charge in [0.25, 0.3) is 0 Å². The number of rotatable bonds is 3. The van der Waals surface area contributed by atoms with E-state index in [4.69, 9.17) is 0 Å². The van der Waals surface area contributed by atoms with E-state index in [2.05, 4.69) is 20.8 Å². The molecule has 1 saturated heterocycles. The third-order valence-corrected chi connectivity index (χ3v) is 3.74. The van der Waals surface area contributed by atoms with E-state index in [9.17, 15) is 10.1 Å². The zero-order chi connectivity index (χ0) is 13.0. The molecule has 0 radical (unpaired) electrons. The van der Waals surface area contributed by atoms with E-state index >= 15 is 0 Å². The minimum Gasteiger partial charge on any atom is -0.365 e. The second-order valence-electron chi connectivity index (χ2n) is 4.31. The van der Waals surface area contributed by atoms with Crippen LogP contribution in [-0.4, -0.2) is 22.9 Å². The lowest BCUT2D eigenvalue weighted by atomic mass is 10.1. The van der Waals surface area contributed by atoms with Gasteiger partial charge in [0.2, 0.25) is 0 Å². The van der Waals surface area contributed by atoms with Crippen LogP contribution < -0.4 is 0 Å². The SMILES string of the molecule is O=[N+]([O-])/C(Br)=C(/c1ccccc1)N1CCCCC1. The molecule has 0 aliphatic carbocycles. The van der Waals surface area contributed by atoms with Crippen LogP contribution in [0.1, 0.15) is 24.8 Å². The zero-order valence-corrected chi connectivity index (χ0v) is 11.6. The van der Waals surface area contributed by atoms with Crippen molar-refractivity contribution in [3.05, 3.63) is 50.6 Å². The monoisotopic (exact) mass is 310 g/mol. The van der Waals surface area contributed by atoms with Crippen molar-refractivity contribution in [2.24, 2.45) is 0 Å². The summed E-state index contributed by atoms with van der Waals surface area (Å²) in [6.45, 7) is 1.76. The predicted octanol–water partition coefficient (Wildman–Crippen LogP) is 3.47. The van der Waals surface area contributed by atoms with Gasteiger partial charge in [-0.25, -0.2) is 0 Å². The molecule has 0 unspecified atom stereocenters. The van der Waals surface area contributed by atoms with Crippen LogP contribution in [0.2, 0.25) is 0 Å². The maximum Gasteiger partial charge on any atom is 0.334 e. The van der Waals surface area contributed by atoms with Crippen molar-refractivity contribution in [1.82, 2.24) is 4.90 Å². The summed E-state index contributed by atoms with van der Waals surface area (Å²) in [6.07, 6.45) is 3.39. The molecule has 18 heavy (non-hydrogen) atoms. The first-order valence-electron chi connectivity index (χ1n) is 6.04. The predicted molar refractivity (Wildman–Crippen MR) is 74.7 cm³/mol. The Bertz CT molecular complexity index is 453. The maximum atomic E-state index is 11.0. The number of piperidine rings is 1. The summed E-state index contributed by atoms with van der Waals surface area (Å²) >= 11 is 3.12. The fraction of sp³-hybridized carbons (Fsp3) is 0.385. The van der Waals surface area contributed by atoms with E-state index in [1.807, 2.05) is 30.3 Å². The Morgan fingerprint density at radius 1 is 1.17 bits per heavy atom. The first-order chi connectivity index (χ1) is 8.70. The number of hydrogen-bond acceptors (Lipinski definition) is 3. The highest BCUT2D eigenvalue weighted by Gasteiger charge is 2.24. The van der Waals surface area contributed by atoms with Gasteiger partial charge in [0, 0.05) is 34.6 Å². The zero-order valence-electron chi connectivity index (χ0n) is 10.0. The Labute approximate surface area is 115 Å². The Morgan fingerprint density at radius 2 is 1.78 bits per heavy atom. The van der Waals surface area contributed by atoms with Gasteiger partial charge in [-0.2, -0.15) is 0 Å². The molecule has 0 aromatic heterocycles. The minimum atomic E-state index is -0.364. The van der Waals surface area contributed by atoms with Gasteiger partial charge in [0.15, 0.2) is 0 Å². The molecule has 0 atom stereocenters. The van der Waals surface area contributed by atoms with Crippen LogP contribution in [0, 0.1) is 10.1 Å². The van der Waals surface area contributed by atoms with Crippen LogP contribution >= 0.6 is 15.9 Å². The molecule has 2 rings (SSSR count). The summed E-state index contributed by atoms with van der Waals surface area (Å²) in [5, 5.41) is 11.0. The van der Waals surface area contributed by atoms with Crippen molar-refractivity contribution >= 4 is 21.6 Å². The first kappa shape index (κ1) is 13.1. The van der Waals surface area contributed by atoms with E-state index in [1.54, 1.807) is 0 Å². The summed E-state index contributed by atoms with van der Waals surface area (Å²) in [5.74, 6) is 0. The van der Waals surface area contributed by atoms with Gasteiger partial charge in [0.1, 0.15) is 5.70 Å². The molecule has 1 heterocycles. The van der Waals surface area contributed by atoms with E-state index < -0.39 is 0 Å². The topological polar surface area (TPSA) is 46.4 Å². The van der Waals surface area contributed by atoms with Crippen LogP contribution in [0.5, 0.6) is 0 Å². The quantitative estimate of drug-likeness (QED) is 0.488. The molecule has 1 aromatic carbocycles. The number of hydrogen-bond donors (Lipinski definition) is 0. The molecule has 0 amide bonds. The Hall–Kier alpha value is -1.36. The van der Waals surface area contributed by atoms with Gasteiger partial charge >= 0.3 is 4.61 Å². The maximum absolute atomic E-state index is 11.0. The Kier molecular flexibility index (Phi) is 4.36. The van der Waals surface area contributed by atoms with Crippen molar-refractivity contribution < 1.29 is 4.92 Å². The highest BCUT2D eigenvalue weighted by atomic mass is 79.9. The van der Waals surface area contributed by atoms with Crippen LogP contribution in [0.3, 0.4) is 0 Å². The second-order valence-corrected chi connectivity index (χ2v) is 5.06. The average Bonchev–Trinajstić information content (AvgIpc) is 2.41. The van der Waals surface area contributed by atoms with E-state index in [0.717, 1.165) is 31.5 Å². The van der Waals surface area contributed by atoms with Gasteiger partial charge < -0.3 is 4.90 Å². The highest BCUT2D eigenvalue weighted by molar-refractivity contribution is 9.11. The molecule has 0 bridgehead atoms. The number of nitrogens with zero attached hydrogens (tertiary/aromatic N) is 2. The molecular weight excluding hydrogens is 296 g/mol. The van der Waals surface area contributed by atoms with E-state index in [-0.39, 0.29) is 9.53 Å². The molecular formula is C13H15BrN2O2.